The number of aryl methyl sites for hydroxylation is 2. The highest BCUT2D eigenvalue weighted by Crippen LogP contribution is 2.19. The first kappa shape index (κ1) is 14.5. The molecule has 6 nitrogen and oxygen atoms in total. The van der Waals surface area contributed by atoms with Gasteiger partial charge in [0.25, 0.3) is 5.91 Å². The molecule has 0 saturated heterocycles. The lowest BCUT2D eigenvalue weighted by molar-refractivity contribution is -0.131. The van der Waals surface area contributed by atoms with Gasteiger partial charge in [-0.05, 0) is 37.1 Å². The lowest BCUT2D eigenvalue weighted by atomic mass is 10.1. The van der Waals surface area contributed by atoms with Crippen molar-refractivity contribution in [3.63, 3.8) is 0 Å². The van der Waals surface area contributed by atoms with Crippen LogP contribution in [-0.2, 0) is 4.79 Å². The van der Waals surface area contributed by atoms with Crippen molar-refractivity contribution in [3.8, 4) is 0 Å². The molecule has 2 N–H and O–H groups in total. The van der Waals surface area contributed by atoms with Crippen molar-refractivity contribution >= 4 is 23.6 Å². The molecule has 21 heavy (non-hydrogen) atoms. The summed E-state index contributed by atoms with van der Waals surface area (Å²) in [5.74, 6) is -1.27. The summed E-state index contributed by atoms with van der Waals surface area (Å²) < 4.78 is 5.03. The summed E-state index contributed by atoms with van der Waals surface area (Å²) in [6, 6.07) is 5.26. The third kappa shape index (κ3) is 3.56. The van der Waals surface area contributed by atoms with E-state index in [4.69, 9.17) is 9.52 Å². The van der Waals surface area contributed by atoms with Gasteiger partial charge in [-0.3, -0.25) is 4.79 Å². The minimum Gasteiger partial charge on any atom is -0.478 e. The number of carboxylic acids is 1. The number of oxazole rings is 1. The van der Waals surface area contributed by atoms with Gasteiger partial charge in [0.1, 0.15) is 0 Å². The summed E-state index contributed by atoms with van der Waals surface area (Å²) in [5, 5.41) is 11.4. The average molecular weight is 286 g/mol. The quantitative estimate of drug-likeness (QED) is 0.843. The van der Waals surface area contributed by atoms with Gasteiger partial charge < -0.3 is 14.8 Å². The third-order valence-electron chi connectivity index (χ3n) is 2.88. The van der Waals surface area contributed by atoms with Crippen LogP contribution < -0.4 is 5.32 Å². The fraction of sp³-hybridized carbons (Fsp3) is 0.133. The van der Waals surface area contributed by atoms with Crippen molar-refractivity contribution < 1.29 is 19.1 Å². The summed E-state index contributed by atoms with van der Waals surface area (Å²) in [6.45, 7) is 3.52. The van der Waals surface area contributed by atoms with Crippen molar-refractivity contribution in [3.05, 3.63) is 53.2 Å². The number of benzene rings is 1. The molecule has 0 bridgehead atoms. The number of carboxylic acid groups (broad SMARTS) is 1. The van der Waals surface area contributed by atoms with E-state index in [2.05, 4.69) is 10.3 Å². The highest BCUT2D eigenvalue weighted by molar-refractivity contribution is 6.03. The zero-order valence-corrected chi connectivity index (χ0v) is 11.6. The molecule has 0 unspecified atom stereocenters. The van der Waals surface area contributed by atoms with Gasteiger partial charge in [0.2, 0.25) is 5.76 Å². The second-order valence-corrected chi connectivity index (χ2v) is 4.47. The van der Waals surface area contributed by atoms with Gasteiger partial charge in [-0.1, -0.05) is 12.1 Å². The average Bonchev–Trinajstić information content (AvgIpc) is 2.86. The van der Waals surface area contributed by atoms with Crippen LogP contribution in [0.25, 0.3) is 6.08 Å². The summed E-state index contributed by atoms with van der Waals surface area (Å²) in [6.07, 6.45) is 3.71. The molecule has 0 aliphatic carbocycles. The molecule has 1 amide bonds. The number of rotatable bonds is 4. The standard InChI is InChI=1S/C15H14N2O4/c1-9-3-4-11(5-6-13(18)19)7-12(9)17-15(20)14-10(2)16-8-21-14/h3-8H,1-2H3,(H,17,20)(H,18,19)/b6-5+. The molecule has 0 spiro atoms. The number of anilines is 1. The predicted octanol–water partition coefficient (Wildman–Crippen LogP) is 2.64. The smallest absolute Gasteiger partial charge is 0.328 e. The topological polar surface area (TPSA) is 92.4 Å². The maximum atomic E-state index is 12.1. The molecule has 0 aliphatic rings. The number of hydrogen-bond donors (Lipinski definition) is 2. The minimum atomic E-state index is -1.03. The summed E-state index contributed by atoms with van der Waals surface area (Å²) in [7, 11) is 0. The highest BCUT2D eigenvalue weighted by Gasteiger charge is 2.14. The van der Waals surface area contributed by atoms with Gasteiger partial charge >= 0.3 is 5.97 Å². The molecular formula is C15H14N2O4. The Morgan fingerprint density at radius 2 is 2.10 bits per heavy atom. The molecule has 1 heterocycles. The Balaban J connectivity index is 2.23. The monoisotopic (exact) mass is 286 g/mol. The van der Waals surface area contributed by atoms with Crippen molar-refractivity contribution in [2.45, 2.75) is 13.8 Å². The second kappa shape index (κ2) is 6.04. The Morgan fingerprint density at radius 1 is 1.33 bits per heavy atom. The first-order valence-corrected chi connectivity index (χ1v) is 6.20. The molecule has 108 valence electrons. The molecule has 0 fully saturated rings. The van der Waals surface area contributed by atoms with Crippen LogP contribution in [0.2, 0.25) is 0 Å². The van der Waals surface area contributed by atoms with Crippen LogP contribution in [0.1, 0.15) is 27.4 Å². The van der Waals surface area contributed by atoms with E-state index >= 15 is 0 Å². The number of carbonyl (C=O) groups excluding carboxylic acids is 1. The fourth-order valence-electron chi connectivity index (χ4n) is 1.74. The number of nitrogens with zero attached hydrogens (tertiary/aromatic N) is 1. The second-order valence-electron chi connectivity index (χ2n) is 4.47. The number of aliphatic carboxylic acids is 1. The number of amides is 1. The van der Waals surface area contributed by atoms with E-state index in [1.165, 1.54) is 12.5 Å². The molecule has 2 rings (SSSR count). The molecule has 0 atom stereocenters. The third-order valence-corrected chi connectivity index (χ3v) is 2.88. The van der Waals surface area contributed by atoms with Crippen LogP contribution in [0.15, 0.2) is 35.1 Å². The minimum absolute atomic E-state index is 0.154. The first-order chi connectivity index (χ1) is 9.97. The van der Waals surface area contributed by atoms with E-state index in [0.29, 0.717) is 16.9 Å². The summed E-state index contributed by atoms with van der Waals surface area (Å²) in [4.78, 5) is 26.5. The summed E-state index contributed by atoms with van der Waals surface area (Å²) in [5.41, 5.74) is 2.62. The van der Waals surface area contributed by atoms with E-state index in [9.17, 15) is 9.59 Å². The molecule has 1 aromatic heterocycles. The Bertz CT molecular complexity index is 716. The predicted molar refractivity (Wildman–Crippen MR) is 77.0 cm³/mol. The van der Waals surface area contributed by atoms with Gasteiger partial charge in [-0.2, -0.15) is 0 Å². The van der Waals surface area contributed by atoms with Crippen LogP contribution in [0.4, 0.5) is 5.69 Å². The maximum Gasteiger partial charge on any atom is 0.328 e. The number of carbonyl (C=O) groups is 2. The summed E-state index contributed by atoms with van der Waals surface area (Å²) >= 11 is 0. The number of hydrogen-bond acceptors (Lipinski definition) is 4. The van der Waals surface area contributed by atoms with E-state index in [-0.39, 0.29) is 5.76 Å². The Morgan fingerprint density at radius 3 is 2.71 bits per heavy atom. The molecule has 1 aromatic carbocycles. The molecule has 0 radical (unpaired) electrons. The molecule has 0 aliphatic heterocycles. The van der Waals surface area contributed by atoms with E-state index in [0.717, 1.165) is 11.6 Å². The Kier molecular flexibility index (Phi) is 4.18. The van der Waals surface area contributed by atoms with Crippen LogP contribution in [0, 0.1) is 13.8 Å². The molecule has 0 saturated carbocycles. The molecule has 6 heteroatoms. The first-order valence-electron chi connectivity index (χ1n) is 6.20. The largest absolute Gasteiger partial charge is 0.478 e. The SMILES string of the molecule is Cc1ccc(/C=C/C(=O)O)cc1NC(=O)c1ocnc1C. The van der Waals surface area contributed by atoms with E-state index in [1.54, 1.807) is 25.1 Å². The van der Waals surface area contributed by atoms with Gasteiger partial charge in [-0.25, -0.2) is 9.78 Å². The zero-order chi connectivity index (χ0) is 15.4. The van der Waals surface area contributed by atoms with Gasteiger partial charge in [0, 0.05) is 11.8 Å². The maximum absolute atomic E-state index is 12.1. The van der Waals surface area contributed by atoms with Crippen LogP contribution in [0.3, 0.4) is 0 Å². The number of nitrogens with one attached hydrogen (secondary N) is 1. The van der Waals surface area contributed by atoms with Crippen molar-refractivity contribution in [2.24, 2.45) is 0 Å². The molecule has 2 aromatic rings. The van der Waals surface area contributed by atoms with Crippen molar-refractivity contribution in [2.75, 3.05) is 5.32 Å². The lowest BCUT2D eigenvalue weighted by Gasteiger charge is -2.08. The van der Waals surface area contributed by atoms with Gasteiger partial charge in [0.15, 0.2) is 6.39 Å². The van der Waals surface area contributed by atoms with Crippen LogP contribution >= 0.6 is 0 Å². The van der Waals surface area contributed by atoms with E-state index < -0.39 is 11.9 Å². The van der Waals surface area contributed by atoms with E-state index in [1.807, 2.05) is 6.92 Å². The normalized spacial score (nSPS) is 10.8. The Hall–Kier alpha value is -2.89. The number of aromatic nitrogens is 1. The Labute approximate surface area is 121 Å². The van der Waals surface area contributed by atoms with Crippen molar-refractivity contribution in [1.29, 1.82) is 0 Å². The van der Waals surface area contributed by atoms with Crippen molar-refractivity contribution in [1.82, 2.24) is 4.98 Å². The molecular weight excluding hydrogens is 272 g/mol. The zero-order valence-electron chi connectivity index (χ0n) is 11.6. The van der Waals surface area contributed by atoms with Crippen LogP contribution in [-0.4, -0.2) is 22.0 Å². The van der Waals surface area contributed by atoms with Crippen LogP contribution in [0.5, 0.6) is 0 Å². The fourth-order valence-corrected chi connectivity index (χ4v) is 1.74. The van der Waals surface area contributed by atoms with Gasteiger partial charge in [-0.15, -0.1) is 0 Å². The van der Waals surface area contributed by atoms with Gasteiger partial charge in [0.05, 0.1) is 5.69 Å². The lowest BCUT2D eigenvalue weighted by Crippen LogP contribution is -2.13. The highest BCUT2D eigenvalue weighted by atomic mass is 16.4.